The first kappa shape index (κ1) is 16.7. The van der Waals surface area contributed by atoms with Gasteiger partial charge in [0.15, 0.2) is 0 Å². The quantitative estimate of drug-likeness (QED) is 0.361. The lowest BCUT2D eigenvalue weighted by molar-refractivity contribution is 0.495. The van der Waals surface area contributed by atoms with Crippen LogP contribution in [0.5, 0.6) is 0 Å². The van der Waals surface area contributed by atoms with Crippen LogP contribution in [0.4, 0.5) is 0 Å². The summed E-state index contributed by atoms with van der Waals surface area (Å²) in [7, 11) is 0. The number of rotatable bonds is 8. The predicted molar refractivity (Wildman–Crippen MR) is 90.4 cm³/mol. The Kier molecular flexibility index (Phi) is 7.99. The molecule has 0 unspecified atom stereocenters. The van der Waals surface area contributed by atoms with Crippen LogP contribution < -0.4 is 0 Å². The second-order valence-electron chi connectivity index (χ2n) is 5.28. The average Bonchev–Trinajstić information content (AvgIpc) is 2.43. The molecule has 0 spiro atoms. The monoisotopic (exact) mass is 287 g/mol. The van der Waals surface area contributed by atoms with Gasteiger partial charge in [0.2, 0.25) is 0 Å². The van der Waals surface area contributed by atoms with Crippen LogP contribution in [0.1, 0.15) is 45.6 Å². The summed E-state index contributed by atoms with van der Waals surface area (Å²) in [5.41, 5.74) is 0.934. The molecule has 0 saturated carbocycles. The Hall–Kier alpha value is -1.33. The molecular weight excluding hydrogens is 262 g/mol. The molecule has 0 fully saturated rings. The van der Waals surface area contributed by atoms with Crippen LogP contribution in [0, 0.1) is 18.3 Å². The van der Waals surface area contributed by atoms with Crippen LogP contribution in [0.15, 0.2) is 41.4 Å². The van der Waals surface area contributed by atoms with Crippen molar-refractivity contribution >= 4 is 11.9 Å². The minimum atomic E-state index is 0.642. The van der Waals surface area contributed by atoms with E-state index >= 15 is 0 Å². The van der Waals surface area contributed by atoms with Gasteiger partial charge in [-0.15, -0.1) is 6.42 Å². The highest BCUT2D eigenvalue weighted by Crippen LogP contribution is 2.24. The second-order valence-corrected chi connectivity index (χ2v) is 6.40. The van der Waals surface area contributed by atoms with E-state index in [1.807, 2.05) is 12.1 Å². The van der Waals surface area contributed by atoms with Crippen molar-refractivity contribution in [2.45, 2.75) is 44.9 Å². The van der Waals surface area contributed by atoms with Gasteiger partial charge in [0.25, 0.3) is 0 Å². The molecule has 0 aromatic heterocycles. The molecule has 1 nitrogen and oxygen atoms in total. The van der Waals surface area contributed by atoms with Crippen molar-refractivity contribution in [3.8, 4) is 12.3 Å². The van der Waals surface area contributed by atoms with Gasteiger partial charge in [-0.3, -0.25) is 0 Å². The standard InChI is InChI=1S/C18H25NS/c1-5-7-8-9-14-19(15-16(3)4)20-18-12-10-17(6-2)11-13-18/h2,9-14,16H,5,7-8,15H2,1,3-4H3/b14-9+. The van der Waals surface area contributed by atoms with Gasteiger partial charge in [-0.1, -0.05) is 45.6 Å². The maximum absolute atomic E-state index is 5.38. The topological polar surface area (TPSA) is 3.24 Å². The van der Waals surface area contributed by atoms with Crippen LogP contribution in [-0.2, 0) is 0 Å². The zero-order chi connectivity index (χ0) is 14.8. The van der Waals surface area contributed by atoms with Gasteiger partial charge in [0.1, 0.15) is 0 Å². The van der Waals surface area contributed by atoms with Crippen molar-refractivity contribution in [1.29, 1.82) is 0 Å². The Morgan fingerprint density at radius 2 is 2.00 bits per heavy atom. The van der Waals surface area contributed by atoms with E-state index in [1.165, 1.54) is 17.7 Å². The van der Waals surface area contributed by atoms with Gasteiger partial charge in [-0.2, -0.15) is 0 Å². The molecule has 0 N–H and O–H groups in total. The molecule has 0 radical (unpaired) electrons. The van der Waals surface area contributed by atoms with E-state index in [9.17, 15) is 0 Å². The van der Waals surface area contributed by atoms with Crippen LogP contribution >= 0.6 is 11.9 Å². The number of unbranched alkanes of at least 4 members (excludes halogenated alkanes) is 2. The first-order valence-corrected chi connectivity index (χ1v) is 8.11. The Bertz CT molecular complexity index is 439. The van der Waals surface area contributed by atoms with Crippen LogP contribution in [0.2, 0.25) is 0 Å². The molecule has 2 heteroatoms. The average molecular weight is 287 g/mol. The third-order valence-corrected chi connectivity index (χ3v) is 3.77. The maximum Gasteiger partial charge on any atom is 0.0315 e. The number of nitrogens with zero attached hydrogens (tertiary/aromatic N) is 1. The number of benzene rings is 1. The third-order valence-electron chi connectivity index (χ3n) is 2.78. The van der Waals surface area contributed by atoms with Crippen molar-refractivity contribution in [2.24, 2.45) is 5.92 Å². The number of hydrogen-bond acceptors (Lipinski definition) is 2. The smallest absolute Gasteiger partial charge is 0.0315 e. The van der Waals surface area contributed by atoms with E-state index in [4.69, 9.17) is 6.42 Å². The van der Waals surface area contributed by atoms with E-state index < -0.39 is 0 Å². The van der Waals surface area contributed by atoms with Gasteiger partial charge in [-0.25, -0.2) is 0 Å². The van der Waals surface area contributed by atoms with E-state index in [0.29, 0.717) is 5.92 Å². The van der Waals surface area contributed by atoms with Gasteiger partial charge in [0.05, 0.1) is 0 Å². The molecule has 108 valence electrons. The molecule has 20 heavy (non-hydrogen) atoms. The number of hydrogen-bond donors (Lipinski definition) is 0. The molecule has 0 aliphatic carbocycles. The minimum Gasteiger partial charge on any atom is -0.319 e. The van der Waals surface area contributed by atoms with Gasteiger partial charge >= 0.3 is 0 Å². The van der Waals surface area contributed by atoms with Crippen molar-refractivity contribution in [2.75, 3.05) is 6.54 Å². The zero-order valence-electron chi connectivity index (χ0n) is 12.8. The highest BCUT2D eigenvalue weighted by Gasteiger charge is 2.05. The first-order chi connectivity index (χ1) is 9.65. The Balaban J connectivity index is 2.62. The fourth-order valence-corrected chi connectivity index (χ4v) is 2.80. The SMILES string of the molecule is C#Cc1ccc(SN(/C=C/CCCC)CC(C)C)cc1. The molecule has 1 aromatic rings. The van der Waals surface area contributed by atoms with Crippen LogP contribution in [-0.4, -0.2) is 10.8 Å². The zero-order valence-corrected chi connectivity index (χ0v) is 13.6. The van der Waals surface area contributed by atoms with Crippen LogP contribution in [0.25, 0.3) is 0 Å². The molecule has 0 aliphatic rings. The summed E-state index contributed by atoms with van der Waals surface area (Å²) in [5.74, 6) is 3.29. The molecule has 0 atom stereocenters. The summed E-state index contributed by atoms with van der Waals surface area (Å²) < 4.78 is 2.31. The normalized spacial score (nSPS) is 10.9. The summed E-state index contributed by atoms with van der Waals surface area (Å²) in [4.78, 5) is 1.23. The van der Waals surface area contributed by atoms with Gasteiger partial charge < -0.3 is 4.31 Å². The highest BCUT2D eigenvalue weighted by atomic mass is 32.2. The predicted octanol–water partition coefficient (Wildman–Crippen LogP) is 5.34. The lowest BCUT2D eigenvalue weighted by Crippen LogP contribution is -2.14. The van der Waals surface area contributed by atoms with E-state index in [0.717, 1.165) is 18.5 Å². The molecular formula is C18H25NS. The van der Waals surface area contributed by atoms with Gasteiger partial charge in [0, 0.05) is 23.2 Å². The Morgan fingerprint density at radius 3 is 2.55 bits per heavy atom. The fraction of sp³-hybridized carbons (Fsp3) is 0.444. The first-order valence-electron chi connectivity index (χ1n) is 7.33. The van der Waals surface area contributed by atoms with Crippen molar-refractivity contribution in [3.05, 3.63) is 42.1 Å². The lowest BCUT2D eigenvalue weighted by atomic mass is 10.2. The molecule has 0 saturated heterocycles. The minimum absolute atomic E-state index is 0.642. The Morgan fingerprint density at radius 1 is 1.30 bits per heavy atom. The number of terminal acetylenes is 1. The molecule has 0 heterocycles. The summed E-state index contributed by atoms with van der Waals surface area (Å²) >= 11 is 1.77. The Labute approximate surface area is 128 Å². The van der Waals surface area contributed by atoms with E-state index in [2.05, 4.69) is 55.4 Å². The molecule has 1 rings (SSSR count). The summed E-state index contributed by atoms with van der Waals surface area (Å²) in [5, 5.41) is 0. The summed E-state index contributed by atoms with van der Waals surface area (Å²) in [6.07, 6.45) is 13.5. The lowest BCUT2D eigenvalue weighted by Gasteiger charge is -2.21. The van der Waals surface area contributed by atoms with Crippen LogP contribution in [0.3, 0.4) is 0 Å². The molecule has 0 amide bonds. The molecule has 1 aromatic carbocycles. The maximum atomic E-state index is 5.38. The van der Waals surface area contributed by atoms with E-state index in [-0.39, 0.29) is 0 Å². The molecule has 0 bridgehead atoms. The highest BCUT2D eigenvalue weighted by molar-refractivity contribution is 7.97. The van der Waals surface area contributed by atoms with Gasteiger partial charge in [-0.05, 0) is 48.6 Å². The summed E-state index contributed by atoms with van der Waals surface area (Å²) in [6, 6.07) is 8.17. The largest absolute Gasteiger partial charge is 0.319 e. The second kappa shape index (κ2) is 9.55. The fourth-order valence-electron chi connectivity index (χ4n) is 1.75. The van der Waals surface area contributed by atoms with Crippen molar-refractivity contribution < 1.29 is 0 Å². The third kappa shape index (κ3) is 6.73. The van der Waals surface area contributed by atoms with E-state index in [1.54, 1.807) is 11.9 Å². The van der Waals surface area contributed by atoms with Crippen molar-refractivity contribution in [1.82, 2.24) is 4.31 Å². The number of allylic oxidation sites excluding steroid dienone is 1. The summed E-state index contributed by atoms with van der Waals surface area (Å²) in [6.45, 7) is 7.76. The van der Waals surface area contributed by atoms with Crippen molar-refractivity contribution in [3.63, 3.8) is 0 Å². The molecule has 0 aliphatic heterocycles.